The van der Waals surface area contributed by atoms with E-state index in [0.717, 1.165) is 0 Å². The Morgan fingerprint density at radius 3 is 2.39 bits per heavy atom. The normalized spacial score (nSPS) is 13.6. The number of carboxylic acid groups (broad SMARTS) is 1. The van der Waals surface area contributed by atoms with Crippen LogP contribution in [0.1, 0.15) is 19.5 Å². The fraction of sp³-hybridized carbons (Fsp3) is 0.455. The first-order chi connectivity index (χ1) is 8.24. The highest BCUT2D eigenvalue weighted by atomic mass is 32.2. The summed E-state index contributed by atoms with van der Waals surface area (Å²) in [5.74, 6) is -1.55. The molecule has 1 heterocycles. The molecule has 0 fully saturated rings. The van der Waals surface area contributed by atoms with Crippen LogP contribution in [0.15, 0.2) is 23.2 Å². The van der Waals surface area contributed by atoms with Gasteiger partial charge in [-0.15, -0.1) is 0 Å². The number of aromatic nitrogens is 1. The molecule has 0 aromatic carbocycles. The predicted octanol–water partition coefficient (Wildman–Crippen LogP) is 0.778. The van der Waals surface area contributed by atoms with Crippen LogP contribution in [-0.4, -0.2) is 30.5 Å². The molecule has 0 saturated heterocycles. The first kappa shape index (κ1) is 14.6. The summed E-state index contributed by atoms with van der Waals surface area (Å²) in [5, 5.41) is 8.96. The fourth-order valence-electron chi connectivity index (χ4n) is 1.32. The van der Waals surface area contributed by atoms with Crippen LogP contribution < -0.4 is 4.72 Å². The van der Waals surface area contributed by atoms with Crippen molar-refractivity contribution in [1.29, 1.82) is 0 Å². The number of carbonyl (C=O) groups is 1. The van der Waals surface area contributed by atoms with Gasteiger partial charge in [0, 0.05) is 11.9 Å². The third-order valence-electron chi connectivity index (χ3n) is 2.41. The van der Waals surface area contributed by atoms with Gasteiger partial charge >= 0.3 is 5.97 Å². The molecule has 1 aromatic heterocycles. The molecule has 7 heteroatoms. The second kappa shape index (κ2) is 5.45. The molecule has 100 valence electrons. The zero-order chi connectivity index (χ0) is 13.9. The number of aryl methyl sites for hydroxylation is 1. The summed E-state index contributed by atoms with van der Waals surface area (Å²) < 4.78 is 26.1. The van der Waals surface area contributed by atoms with Gasteiger partial charge in [0.15, 0.2) is 0 Å². The highest BCUT2D eigenvalue weighted by Gasteiger charge is 2.27. The smallest absolute Gasteiger partial charge is 0.322 e. The Hall–Kier alpha value is -1.47. The molecule has 1 rings (SSSR count). The molecule has 0 amide bonds. The first-order valence-electron chi connectivity index (χ1n) is 5.42. The SMILES string of the molecule is Cc1ccc(S(=O)(=O)N[C@@H](C(=O)O)C(C)C)cn1. The molecular formula is C11H16N2O4S. The quantitative estimate of drug-likeness (QED) is 0.825. The van der Waals surface area contributed by atoms with E-state index >= 15 is 0 Å². The topological polar surface area (TPSA) is 96.4 Å². The van der Waals surface area contributed by atoms with Crippen LogP contribution in [0, 0.1) is 12.8 Å². The van der Waals surface area contributed by atoms with Gasteiger partial charge in [-0.05, 0) is 25.0 Å². The lowest BCUT2D eigenvalue weighted by Gasteiger charge is -2.17. The summed E-state index contributed by atoms with van der Waals surface area (Å²) in [6, 6.07) is 1.79. The van der Waals surface area contributed by atoms with Gasteiger partial charge in [-0.2, -0.15) is 4.72 Å². The van der Waals surface area contributed by atoms with Gasteiger partial charge in [0.2, 0.25) is 10.0 Å². The van der Waals surface area contributed by atoms with Crippen LogP contribution in [0.2, 0.25) is 0 Å². The van der Waals surface area contributed by atoms with Crippen molar-refractivity contribution in [3.8, 4) is 0 Å². The third-order valence-corrected chi connectivity index (χ3v) is 3.84. The molecule has 2 N–H and O–H groups in total. The van der Waals surface area contributed by atoms with Crippen LogP contribution in [0.5, 0.6) is 0 Å². The van der Waals surface area contributed by atoms with Crippen molar-refractivity contribution in [3.05, 3.63) is 24.0 Å². The number of nitrogens with zero attached hydrogens (tertiary/aromatic N) is 1. The maximum atomic E-state index is 11.9. The Morgan fingerprint density at radius 1 is 1.39 bits per heavy atom. The number of aliphatic carboxylic acids is 1. The number of hydrogen-bond donors (Lipinski definition) is 2. The molecule has 0 bridgehead atoms. The molecule has 0 aliphatic rings. The Balaban J connectivity index is 3.01. The van der Waals surface area contributed by atoms with Gasteiger partial charge in [-0.1, -0.05) is 13.8 Å². The average Bonchev–Trinajstić information content (AvgIpc) is 2.26. The fourth-order valence-corrected chi connectivity index (χ4v) is 2.60. The third kappa shape index (κ3) is 3.51. The lowest BCUT2D eigenvalue weighted by Crippen LogP contribution is -2.44. The van der Waals surface area contributed by atoms with E-state index < -0.39 is 22.0 Å². The van der Waals surface area contributed by atoms with Gasteiger partial charge in [0.25, 0.3) is 0 Å². The monoisotopic (exact) mass is 272 g/mol. The van der Waals surface area contributed by atoms with Crippen molar-refractivity contribution >= 4 is 16.0 Å². The van der Waals surface area contributed by atoms with Crippen molar-refractivity contribution in [2.24, 2.45) is 5.92 Å². The highest BCUT2D eigenvalue weighted by molar-refractivity contribution is 7.89. The summed E-state index contributed by atoms with van der Waals surface area (Å²) in [6.07, 6.45) is 1.21. The van der Waals surface area contributed by atoms with Crippen molar-refractivity contribution in [2.75, 3.05) is 0 Å². The van der Waals surface area contributed by atoms with E-state index in [2.05, 4.69) is 9.71 Å². The number of pyridine rings is 1. The van der Waals surface area contributed by atoms with Gasteiger partial charge in [0.05, 0.1) is 0 Å². The summed E-state index contributed by atoms with van der Waals surface area (Å²) >= 11 is 0. The molecule has 0 aliphatic carbocycles. The maximum absolute atomic E-state index is 11.9. The van der Waals surface area contributed by atoms with Gasteiger partial charge in [-0.3, -0.25) is 9.78 Å². The molecule has 0 saturated carbocycles. The predicted molar refractivity (Wildman–Crippen MR) is 65.6 cm³/mol. The van der Waals surface area contributed by atoms with Gasteiger partial charge in [0.1, 0.15) is 10.9 Å². The Morgan fingerprint density at radius 2 is 2.00 bits per heavy atom. The minimum atomic E-state index is -3.86. The highest BCUT2D eigenvalue weighted by Crippen LogP contribution is 2.11. The summed E-state index contributed by atoms with van der Waals surface area (Å²) in [7, 11) is -3.86. The molecule has 0 aliphatic heterocycles. The van der Waals surface area contributed by atoms with E-state index in [0.29, 0.717) is 5.69 Å². The average molecular weight is 272 g/mol. The molecule has 1 atom stereocenters. The molecule has 1 aromatic rings. The van der Waals surface area contributed by atoms with Crippen LogP contribution >= 0.6 is 0 Å². The van der Waals surface area contributed by atoms with Gasteiger partial charge < -0.3 is 5.11 Å². The van der Waals surface area contributed by atoms with Crippen molar-refractivity contribution < 1.29 is 18.3 Å². The molecule has 6 nitrogen and oxygen atoms in total. The summed E-state index contributed by atoms with van der Waals surface area (Å²) in [6.45, 7) is 5.00. The minimum absolute atomic E-state index is 0.0417. The molecule has 0 spiro atoms. The van der Waals surface area contributed by atoms with Crippen LogP contribution in [0.3, 0.4) is 0 Å². The standard InChI is InChI=1S/C11H16N2O4S/c1-7(2)10(11(14)15)13-18(16,17)9-5-4-8(3)12-6-9/h4-7,10,13H,1-3H3,(H,14,15)/t10-/m1/s1. The van der Waals surface area contributed by atoms with Crippen molar-refractivity contribution in [3.63, 3.8) is 0 Å². The maximum Gasteiger partial charge on any atom is 0.322 e. The Labute approximate surface area is 106 Å². The second-order valence-electron chi connectivity index (χ2n) is 4.32. The van der Waals surface area contributed by atoms with E-state index in [-0.39, 0.29) is 10.8 Å². The van der Waals surface area contributed by atoms with Crippen LogP contribution in [0.4, 0.5) is 0 Å². The largest absolute Gasteiger partial charge is 0.480 e. The van der Waals surface area contributed by atoms with Crippen molar-refractivity contribution in [1.82, 2.24) is 9.71 Å². The van der Waals surface area contributed by atoms with E-state index in [1.165, 1.54) is 12.3 Å². The number of carboxylic acids is 1. The van der Waals surface area contributed by atoms with Crippen molar-refractivity contribution in [2.45, 2.75) is 31.7 Å². The minimum Gasteiger partial charge on any atom is -0.480 e. The summed E-state index contributed by atoms with van der Waals surface area (Å²) in [5.41, 5.74) is 0.688. The number of nitrogens with one attached hydrogen (secondary N) is 1. The molecule has 18 heavy (non-hydrogen) atoms. The van der Waals surface area contributed by atoms with Crippen LogP contribution in [-0.2, 0) is 14.8 Å². The molecule has 0 radical (unpaired) electrons. The van der Waals surface area contributed by atoms with E-state index in [1.54, 1.807) is 26.8 Å². The second-order valence-corrected chi connectivity index (χ2v) is 6.03. The van der Waals surface area contributed by atoms with E-state index in [4.69, 9.17) is 5.11 Å². The lowest BCUT2D eigenvalue weighted by atomic mass is 10.1. The van der Waals surface area contributed by atoms with Gasteiger partial charge in [-0.25, -0.2) is 8.42 Å². The lowest BCUT2D eigenvalue weighted by molar-refractivity contribution is -0.140. The molecule has 0 unspecified atom stereocenters. The Kier molecular flexibility index (Phi) is 4.42. The zero-order valence-corrected chi connectivity index (χ0v) is 11.2. The van der Waals surface area contributed by atoms with E-state index in [1.807, 2.05) is 0 Å². The Bertz CT molecular complexity index is 522. The number of hydrogen-bond acceptors (Lipinski definition) is 4. The van der Waals surface area contributed by atoms with E-state index in [9.17, 15) is 13.2 Å². The number of rotatable bonds is 5. The number of sulfonamides is 1. The first-order valence-corrected chi connectivity index (χ1v) is 6.90. The zero-order valence-electron chi connectivity index (χ0n) is 10.4. The molecular weight excluding hydrogens is 256 g/mol. The summed E-state index contributed by atoms with van der Waals surface area (Å²) in [4.78, 5) is 14.8. The van der Waals surface area contributed by atoms with Crippen LogP contribution in [0.25, 0.3) is 0 Å².